The molecule has 24 nitrogen and oxygen atoms in total. The summed E-state index contributed by atoms with van der Waals surface area (Å²) in [7, 11) is 0.750. The van der Waals surface area contributed by atoms with Crippen LogP contribution >= 0.6 is 22.7 Å². The molecule has 10 atom stereocenters. The van der Waals surface area contributed by atoms with Crippen LogP contribution in [0.4, 0.5) is 52.7 Å². The fourth-order valence-corrected chi connectivity index (χ4v) is 11.4. The van der Waals surface area contributed by atoms with Gasteiger partial charge in [-0.25, -0.2) is 65.0 Å². The Hall–Kier alpha value is -7.47. The van der Waals surface area contributed by atoms with Gasteiger partial charge in [-0.2, -0.15) is 43.6 Å². The summed E-state index contributed by atoms with van der Waals surface area (Å²) < 4.78 is 165. The number of aromatic nitrogens is 14. The average molecular weight is 1360 g/mol. The largest absolute Gasteiger partial charge is 1.00 e. The standard InChI is InChI=1S/C26H22F3N7O5S.C24H20F3N7O4S.2CHF3.CH3O.Na/c1-11-32-17-4-3-14(7-20(17)42-11)36-26(30-10-31-36)25-24(40-12(2)38)22(23(39)19(9-37)41-25)35-8-18(33-34-35)13-5-15(27)21(29)16(28)6-13;1-10-30-15-3-2-12(6-18(15)39-10)34-24(28-9-29-34)23-22(37)20(21(36)17(8-35)38-23)33-7-16(31-32-33)11-4-13(25)19(27)14(26)5-11;2*2-1(3)4;1-2;/h3-8,10,19,22-25,37,39H,9H2,1-2H3;2-7,9,17,20-23,35-37H,8H2,1H3;2*1H;1H3;/q;;;;-1;+1/t19-,22+,23+,24-,25-;17-,20+,21+,22-,23-;;;;/m11..../s1. The molecule has 8 heterocycles. The Morgan fingerprint density at radius 1 is 0.609 bits per heavy atom. The summed E-state index contributed by atoms with van der Waals surface area (Å²) in [4.78, 5) is 29.8. The molecule has 0 bridgehead atoms. The minimum absolute atomic E-state index is 0. The second-order valence-corrected chi connectivity index (χ2v) is 21.6. The molecule has 6 aromatic heterocycles. The van der Waals surface area contributed by atoms with Crippen LogP contribution in [0.3, 0.4) is 0 Å². The summed E-state index contributed by atoms with van der Waals surface area (Å²) in [6, 6.07) is 11.5. The van der Waals surface area contributed by atoms with Crippen molar-refractivity contribution in [1.29, 1.82) is 0 Å². The predicted molar refractivity (Wildman–Crippen MR) is 290 cm³/mol. The van der Waals surface area contributed by atoms with Crippen molar-refractivity contribution < 1.29 is 132 Å². The molecule has 2 aliphatic rings. The Kier molecular flexibility index (Phi) is 24.6. The number of hydrogen-bond acceptors (Lipinski definition) is 22. The monoisotopic (exact) mass is 1350 g/mol. The number of carbonyl (C=O) groups is 1. The fourth-order valence-electron chi connectivity index (χ4n) is 9.68. The second-order valence-electron chi connectivity index (χ2n) is 19.1. The van der Waals surface area contributed by atoms with Crippen molar-refractivity contribution in [1.82, 2.24) is 69.5 Å². The first-order valence-corrected chi connectivity index (χ1v) is 27.7. The number of esters is 1. The van der Waals surface area contributed by atoms with Gasteiger partial charge < -0.3 is 44.8 Å². The minimum atomic E-state index is -3.67. The molecule has 39 heteroatoms. The number of benzene rings is 4. The first-order valence-electron chi connectivity index (χ1n) is 26.0. The molecule has 0 unspecified atom stereocenters. The zero-order valence-electron chi connectivity index (χ0n) is 47.8. The molecule has 12 rings (SSSR count). The Morgan fingerprint density at radius 3 is 1.39 bits per heavy atom. The number of alkyl halides is 6. The Labute approximate surface area is 539 Å². The van der Waals surface area contributed by atoms with Gasteiger partial charge in [-0.1, -0.05) is 10.4 Å². The summed E-state index contributed by atoms with van der Waals surface area (Å²) in [5.74, 6) is -9.24. The topological polar surface area (TPSA) is 318 Å². The first-order chi connectivity index (χ1) is 43.3. The number of fused-ring (bicyclic) bond motifs is 2. The van der Waals surface area contributed by atoms with E-state index in [1.165, 1.54) is 64.0 Å². The van der Waals surface area contributed by atoms with E-state index in [4.69, 9.17) is 19.3 Å². The predicted octanol–water partition coefficient (Wildman–Crippen LogP) is 3.42. The summed E-state index contributed by atoms with van der Waals surface area (Å²) in [6.45, 7) is -3.60. The smallest absolute Gasteiger partial charge is 0.857 e. The van der Waals surface area contributed by atoms with Gasteiger partial charge in [0.1, 0.15) is 72.7 Å². The molecule has 0 amide bonds. The van der Waals surface area contributed by atoms with Gasteiger partial charge in [0.15, 0.2) is 58.8 Å². The maximum absolute atomic E-state index is 13.9. The Morgan fingerprint density at radius 2 is 0.989 bits per heavy atom. The number of nitrogens with zero attached hydrogens (tertiary/aromatic N) is 14. The van der Waals surface area contributed by atoms with Crippen LogP contribution in [-0.2, 0) is 19.0 Å². The van der Waals surface area contributed by atoms with Crippen LogP contribution in [0, 0.1) is 48.8 Å². The molecule has 0 aliphatic carbocycles. The van der Waals surface area contributed by atoms with Crippen LogP contribution in [0.5, 0.6) is 0 Å². The molecule has 486 valence electrons. The van der Waals surface area contributed by atoms with Crippen LogP contribution in [-0.4, -0.2) is 171 Å². The van der Waals surface area contributed by atoms with Crippen molar-refractivity contribution in [3.05, 3.63) is 142 Å². The van der Waals surface area contributed by atoms with Crippen molar-refractivity contribution in [2.45, 2.75) is 95.0 Å². The van der Waals surface area contributed by atoms with Crippen LogP contribution in [0.2, 0.25) is 0 Å². The third-order valence-corrected chi connectivity index (χ3v) is 15.2. The zero-order chi connectivity index (χ0) is 66.3. The fraction of sp³-hybridized carbons (Fsp3) is 0.340. The number of carbonyl (C=O) groups excluding carboxylic acids is 1. The van der Waals surface area contributed by atoms with Crippen LogP contribution < -0.4 is 34.7 Å². The van der Waals surface area contributed by atoms with Crippen LogP contribution in [0.25, 0.3) is 54.3 Å². The normalized spacial score (nSPS) is 21.1. The number of hydrogen-bond donors (Lipinski definition) is 5. The molecule has 2 aliphatic heterocycles. The van der Waals surface area contributed by atoms with E-state index in [1.807, 2.05) is 38.1 Å². The van der Waals surface area contributed by atoms with Gasteiger partial charge in [0.05, 0.1) is 67.4 Å². The van der Waals surface area contributed by atoms with E-state index in [0.717, 1.165) is 71.2 Å². The van der Waals surface area contributed by atoms with Gasteiger partial charge in [0.25, 0.3) is 0 Å². The average Bonchev–Trinajstić information content (AvgIpc) is 1.42. The van der Waals surface area contributed by atoms with Gasteiger partial charge in [-0.15, -0.1) is 32.9 Å². The van der Waals surface area contributed by atoms with Crippen molar-refractivity contribution >= 4 is 49.1 Å². The van der Waals surface area contributed by atoms with Crippen LogP contribution in [0.15, 0.2) is 85.7 Å². The van der Waals surface area contributed by atoms with E-state index in [0.29, 0.717) is 11.4 Å². The van der Waals surface area contributed by atoms with E-state index in [9.17, 15) is 83.0 Å². The van der Waals surface area contributed by atoms with Crippen LogP contribution in [0.1, 0.15) is 52.9 Å². The number of aliphatic hydroxyl groups excluding tert-OH is 5. The molecule has 4 aromatic carbocycles. The number of thiazole rings is 2. The maximum atomic E-state index is 13.9. The molecule has 5 N–H and O–H groups in total. The van der Waals surface area contributed by atoms with Gasteiger partial charge in [0.2, 0.25) is 0 Å². The van der Waals surface area contributed by atoms with Crippen molar-refractivity contribution in [3.63, 3.8) is 0 Å². The minimum Gasteiger partial charge on any atom is -0.857 e. The molecule has 0 radical (unpaired) electrons. The third kappa shape index (κ3) is 16.1. The summed E-state index contributed by atoms with van der Waals surface area (Å²) in [6.07, 6.45) is -5.35. The van der Waals surface area contributed by atoms with Crippen molar-refractivity contribution in [2.24, 2.45) is 0 Å². The maximum Gasteiger partial charge on any atom is 1.00 e. The van der Waals surface area contributed by atoms with E-state index >= 15 is 0 Å². The van der Waals surface area contributed by atoms with Gasteiger partial charge in [-0.3, -0.25) is 4.79 Å². The molecular formula is C53H47F12N14NaO10S2. The Balaban J connectivity index is 0.000000227. The molecule has 2 fully saturated rings. The SMILES string of the molecule is CC(=O)O[C@@H]1[C@@H](n2cc(-c3cc(F)c(F)c(F)c3)nn2)[C@@H](O)[C@@H](CO)O[C@H]1c1ncnn1-c1ccc2nc(C)sc2c1.C[O-].Cc1nc2ccc(-n3ncnc3[C@@H]3O[C@H](CO)[C@H](O)[C@H](n4cc(-c5cc(F)c(F)c(F)c5)nn4)[C@H]3O)cc2s1.FC(F)F.FC(F)F.[Na+]. The summed E-state index contributed by atoms with van der Waals surface area (Å²) >= 11 is 3.00. The molecule has 10 aromatic rings. The van der Waals surface area contributed by atoms with Gasteiger partial charge >= 0.3 is 48.9 Å². The summed E-state index contributed by atoms with van der Waals surface area (Å²) in [5.41, 5.74) is 2.55. The molecule has 0 spiro atoms. The number of halogens is 12. The van der Waals surface area contributed by atoms with Gasteiger partial charge in [-0.05, 0) is 74.5 Å². The molecular weight excluding hydrogens is 1310 g/mol. The summed E-state index contributed by atoms with van der Waals surface area (Å²) in [5, 5.41) is 87.9. The number of aryl methyl sites for hydroxylation is 2. The second kappa shape index (κ2) is 31.4. The molecule has 92 heavy (non-hydrogen) atoms. The zero-order valence-corrected chi connectivity index (χ0v) is 51.4. The quantitative estimate of drug-likeness (QED) is 0.0536. The van der Waals surface area contributed by atoms with Gasteiger partial charge in [0, 0.05) is 18.1 Å². The van der Waals surface area contributed by atoms with E-state index in [-0.39, 0.29) is 63.7 Å². The number of ether oxygens (including phenoxy) is 3. The number of rotatable bonds is 11. The third-order valence-electron chi connectivity index (χ3n) is 13.4. The van der Waals surface area contributed by atoms with E-state index in [2.05, 4.69) is 50.8 Å². The van der Waals surface area contributed by atoms with Crippen molar-refractivity contribution in [3.8, 4) is 33.9 Å². The van der Waals surface area contributed by atoms with E-state index in [1.54, 1.807) is 12.1 Å². The molecule has 2 saturated heterocycles. The first kappa shape index (κ1) is 72.0. The molecule has 0 saturated carbocycles. The van der Waals surface area contributed by atoms with Crippen molar-refractivity contribution in [2.75, 3.05) is 20.3 Å². The number of aliphatic hydroxyl groups is 5. The van der Waals surface area contributed by atoms with E-state index < -0.39 is 128 Å². The Bertz CT molecular complexity index is 4050.